The molecule has 0 fully saturated rings. The summed E-state index contributed by atoms with van der Waals surface area (Å²) in [6, 6.07) is 16.8. The van der Waals surface area contributed by atoms with Crippen molar-refractivity contribution < 1.29 is 17.9 Å². The summed E-state index contributed by atoms with van der Waals surface area (Å²) < 4.78 is 33.7. The van der Waals surface area contributed by atoms with Crippen molar-refractivity contribution in [3.8, 4) is 0 Å². The number of rotatable bonds is 7. The molecule has 3 aromatic rings. The second-order valence-electron chi connectivity index (χ2n) is 7.16. The molecule has 3 aromatic carbocycles. The van der Waals surface area contributed by atoms with Crippen LogP contribution in [0.3, 0.4) is 0 Å². The summed E-state index contributed by atoms with van der Waals surface area (Å²) in [5.41, 5.74) is 3.79. The number of amides is 1. The van der Waals surface area contributed by atoms with Gasteiger partial charge in [-0.05, 0) is 66.9 Å². The average molecular weight is 459 g/mol. The number of aryl methyl sites for hydroxylation is 2. The Morgan fingerprint density at radius 2 is 1.81 bits per heavy atom. The maximum Gasteiger partial charge on any atom is 0.263 e. The lowest BCUT2D eigenvalue weighted by molar-refractivity contribution is 0.102. The van der Waals surface area contributed by atoms with E-state index < -0.39 is 15.9 Å². The van der Waals surface area contributed by atoms with Crippen LogP contribution in [0.5, 0.6) is 0 Å². The van der Waals surface area contributed by atoms with Gasteiger partial charge < -0.3 is 10.1 Å². The van der Waals surface area contributed by atoms with Crippen LogP contribution in [-0.4, -0.2) is 21.4 Å². The molecule has 0 heterocycles. The maximum atomic E-state index is 13.0. The van der Waals surface area contributed by atoms with E-state index >= 15 is 0 Å². The lowest BCUT2D eigenvalue weighted by Crippen LogP contribution is -2.17. The topological polar surface area (TPSA) is 84.5 Å². The minimum atomic E-state index is -4.00. The van der Waals surface area contributed by atoms with Gasteiger partial charge in [-0.2, -0.15) is 0 Å². The second kappa shape index (κ2) is 9.51. The Balaban J connectivity index is 1.87. The van der Waals surface area contributed by atoms with Crippen LogP contribution in [0.15, 0.2) is 65.6 Å². The third kappa shape index (κ3) is 5.64. The first-order valence-corrected chi connectivity index (χ1v) is 11.3. The van der Waals surface area contributed by atoms with Crippen LogP contribution in [0.2, 0.25) is 5.02 Å². The normalized spacial score (nSPS) is 11.2. The molecule has 0 aliphatic rings. The molecule has 1 amide bonds. The summed E-state index contributed by atoms with van der Waals surface area (Å²) in [6.07, 6.45) is 0. The van der Waals surface area contributed by atoms with Crippen molar-refractivity contribution in [2.24, 2.45) is 0 Å². The average Bonchev–Trinajstić information content (AvgIpc) is 2.71. The van der Waals surface area contributed by atoms with Gasteiger partial charge in [0.15, 0.2) is 0 Å². The van der Waals surface area contributed by atoms with Gasteiger partial charge in [0, 0.05) is 18.4 Å². The van der Waals surface area contributed by atoms with E-state index in [-0.39, 0.29) is 15.5 Å². The third-order valence-electron chi connectivity index (χ3n) is 4.62. The summed E-state index contributed by atoms with van der Waals surface area (Å²) in [6.45, 7) is 4.09. The summed E-state index contributed by atoms with van der Waals surface area (Å²) in [4.78, 5) is 12.6. The number of halogens is 1. The minimum Gasteiger partial charge on any atom is -0.380 e. The molecule has 6 nitrogen and oxygen atoms in total. The molecule has 0 aliphatic carbocycles. The molecular formula is C23H23ClN2O4S. The largest absolute Gasteiger partial charge is 0.380 e. The van der Waals surface area contributed by atoms with E-state index in [4.69, 9.17) is 16.3 Å². The van der Waals surface area contributed by atoms with Crippen molar-refractivity contribution >= 4 is 38.9 Å². The van der Waals surface area contributed by atoms with E-state index in [0.717, 1.165) is 16.7 Å². The molecule has 0 bridgehead atoms. The smallest absolute Gasteiger partial charge is 0.263 e. The van der Waals surface area contributed by atoms with Crippen molar-refractivity contribution in [1.29, 1.82) is 0 Å². The van der Waals surface area contributed by atoms with Gasteiger partial charge in [0.1, 0.15) is 4.90 Å². The molecule has 0 aromatic heterocycles. The van der Waals surface area contributed by atoms with Crippen LogP contribution in [0, 0.1) is 13.8 Å². The highest BCUT2D eigenvalue weighted by atomic mass is 35.5. The van der Waals surface area contributed by atoms with Gasteiger partial charge in [-0.25, -0.2) is 8.42 Å². The summed E-state index contributed by atoms with van der Waals surface area (Å²) in [5, 5.41) is 2.79. The molecule has 3 rings (SSSR count). The zero-order valence-corrected chi connectivity index (χ0v) is 19.0. The van der Waals surface area contributed by atoms with Crippen molar-refractivity contribution in [2.45, 2.75) is 25.3 Å². The van der Waals surface area contributed by atoms with Gasteiger partial charge in [0.25, 0.3) is 15.9 Å². The Kier molecular flexibility index (Phi) is 7.00. The summed E-state index contributed by atoms with van der Waals surface area (Å²) >= 11 is 6.17. The van der Waals surface area contributed by atoms with Crippen molar-refractivity contribution in [3.05, 3.63) is 87.9 Å². The van der Waals surface area contributed by atoms with Gasteiger partial charge in [-0.1, -0.05) is 35.9 Å². The Labute approximate surface area is 187 Å². The molecule has 0 atom stereocenters. The molecule has 162 valence electrons. The maximum absolute atomic E-state index is 13.0. The molecule has 31 heavy (non-hydrogen) atoms. The lowest BCUT2D eigenvalue weighted by atomic mass is 10.1. The van der Waals surface area contributed by atoms with Crippen LogP contribution < -0.4 is 10.0 Å². The van der Waals surface area contributed by atoms with Crippen LogP contribution in [-0.2, 0) is 21.4 Å². The number of carbonyl (C=O) groups excluding carboxylic acids is 1. The standard InChI is InChI=1S/C23H23ClN2O4S/c1-15-7-8-16(2)21(11-15)26-31(28,29)22-13-18(9-10-20(22)24)23(27)25-19-6-4-5-17(12-19)14-30-3/h4-13,26H,14H2,1-3H3,(H,25,27). The zero-order valence-electron chi connectivity index (χ0n) is 17.4. The number of methoxy groups -OCH3 is 1. The number of nitrogens with one attached hydrogen (secondary N) is 2. The highest BCUT2D eigenvalue weighted by molar-refractivity contribution is 7.92. The summed E-state index contributed by atoms with van der Waals surface area (Å²) in [5.74, 6) is -0.450. The van der Waals surface area contributed by atoms with E-state index in [0.29, 0.717) is 18.0 Å². The Morgan fingerprint density at radius 1 is 1.03 bits per heavy atom. The van der Waals surface area contributed by atoms with Gasteiger partial charge in [-0.3, -0.25) is 9.52 Å². The number of hydrogen-bond acceptors (Lipinski definition) is 4. The highest BCUT2D eigenvalue weighted by Gasteiger charge is 2.21. The Morgan fingerprint density at radius 3 is 2.55 bits per heavy atom. The SMILES string of the molecule is COCc1cccc(NC(=O)c2ccc(Cl)c(S(=O)(=O)Nc3cc(C)ccc3C)c2)c1. The molecule has 0 unspecified atom stereocenters. The fourth-order valence-electron chi connectivity index (χ4n) is 3.00. The third-order valence-corrected chi connectivity index (χ3v) is 6.46. The molecule has 0 radical (unpaired) electrons. The number of anilines is 2. The number of sulfonamides is 1. The first kappa shape index (κ1) is 22.8. The fraction of sp³-hybridized carbons (Fsp3) is 0.174. The van der Waals surface area contributed by atoms with Crippen molar-refractivity contribution in [2.75, 3.05) is 17.1 Å². The predicted octanol–water partition coefficient (Wildman–Crippen LogP) is 5.16. The molecule has 2 N–H and O–H groups in total. The number of benzene rings is 3. The number of ether oxygens (including phenoxy) is 1. The van der Waals surface area contributed by atoms with Crippen LogP contribution in [0.4, 0.5) is 11.4 Å². The number of carbonyl (C=O) groups is 1. The Bertz CT molecular complexity index is 1230. The quantitative estimate of drug-likeness (QED) is 0.512. The molecule has 0 saturated heterocycles. The lowest BCUT2D eigenvalue weighted by Gasteiger charge is -2.13. The van der Waals surface area contributed by atoms with E-state index in [1.165, 1.54) is 18.2 Å². The molecular weight excluding hydrogens is 436 g/mol. The van der Waals surface area contributed by atoms with E-state index in [2.05, 4.69) is 10.0 Å². The minimum absolute atomic E-state index is 0.0245. The Hall–Kier alpha value is -2.87. The van der Waals surface area contributed by atoms with Crippen LogP contribution in [0.1, 0.15) is 27.0 Å². The fourth-order valence-corrected chi connectivity index (χ4v) is 4.65. The first-order chi connectivity index (χ1) is 14.7. The molecule has 0 spiro atoms. The predicted molar refractivity (Wildman–Crippen MR) is 123 cm³/mol. The molecule has 0 aliphatic heterocycles. The zero-order chi connectivity index (χ0) is 22.6. The van der Waals surface area contributed by atoms with E-state index in [9.17, 15) is 13.2 Å². The molecule has 8 heteroatoms. The van der Waals surface area contributed by atoms with E-state index in [1.54, 1.807) is 38.3 Å². The van der Waals surface area contributed by atoms with Gasteiger partial charge in [0.2, 0.25) is 0 Å². The second-order valence-corrected chi connectivity index (χ2v) is 9.21. The summed E-state index contributed by atoms with van der Waals surface area (Å²) in [7, 11) is -2.41. The van der Waals surface area contributed by atoms with Crippen molar-refractivity contribution in [3.63, 3.8) is 0 Å². The number of hydrogen-bond donors (Lipinski definition) is 2. The van der Waals surface area contributed by atoms with Gasteiger partial charge in [-0.15, -0.1) is 0 Å². The monoisotopic (exact) mass is 458 g/mol. The van der Waals surface area contributed by atoms with Crippen LogP contribution >= 0.6 is 11.6 Å². The van der Waals surface area contributed by atoms with Crippen molar-refractivity contribution in [1.82, 2.24) is 0 Å². The van der Waals surface area contributed by atoms with Crippen LogP contribution in [0.25, 0.3) is 0 Å². The van der Waals surface area contributed by atoms with Gasteiger partial charge >= 0.3 is 0 Å². The van der Waals surface area contributed by atoms with E-state index in [1.807, 2.05) is 25.1 Å². The highest BCUT2D eigenvalue weighted by Crippen LogP contribution is 2.27. The molecule has 0 saturated carbocycles. The van der Waals surface area contributed by atoms with Gasteiger partial charge in [0.05, 0.1) is 17.3 Å². The first-order valence-electron chi connectivity index (χ1n) is 9.48.